The lowest BCUT2D eigenvalue weighted by atomic mass is 10.0. The number of amides is 2. The van der Waals surface area contributed by atoms with Gasteiger partial charge < -0.3 is 15.5 Å². The number of likely N-dealkylation sites (tertiary alicyclic amines) is 1. The number of hydrogen-bond donors (Lipinski definition) is 2. The highest BCUT2D eigenvalue weighted by Gasteiger charge is 2.34. The Bertz CT molecular complexity index is 535. The van der Waals surface area contributed by atoms with Crippen molar-refractivity contribution in [3.8, 4) is 0 Å². The van der Waals surface area contributed by atoms with Crippen LogP contribution in [0.3, 0.4) is 0 Å². The van der Waals surface area contributed by atoms with Crippen molar-refractivity contribution in [3.63, 3.8) is 0 Å². The third-order valence-electron chi connectivity index (χ3n) is 3.94. The van der Waals surface area contributed by atoms with Gasteiger partial charge in [-0.05, 0) is 32.4 Å². The summed E-state index contributed by atoms with van der Waals surface area (Å²) in [5.74, 6) is -0.772. The highest BCUT2D eigenvalue weighted by Crippen LogP contribution is 2.25. The first-order valence-corrected chi connectivity index (χ1v) is 7.93. The zero-order chi connectivity index (χ0) is 17.6. The summed E-state index contributed by atoms with van der Waals surface area (Å²) < 4.78 is 37.1. The first-order valence-electron chi connectivity index (χ1n) is 7.93. The predicted molar refractivity (Wildman–Crippen MR) is 82.1 cm³/mol. The normalized spacial score (nSPS) is 19.6. The fraction of sp³-hybridized carbons (Fsp3) is 0.667. The SMILES string of the molecule is CN1CCCCC(CNC(=O)NCc2cnc(C(F)(F)F)nc2)C1. The summed E-state index contributed by atoms with van der Waals surface area (Å²) in [5.41, 5.74) is 0.410. The Morgan fingerprint density at radius 3 is 2.67 bits per heavy atom. The van der Waals surface area contributed by atoms with Crippen molar-refractivity contribution >= 4 is 6.03 Å². The first kappa shape index (κ1) is 18.4. The Morgan fingerprint density at radius 1 is 1.29 bits per heavy atom. The number of nitrogens with one attached hydrogen (secondary N) is 2. The molecule has 9 heteroatoms. The van der Waals surface area contributed by atoms with Gasteiger partial charge in [0.15, 0.2) is 0 Å². The Kier molecular flexibility index (Phi) is 6.36. The fourth-order valence-electron chi connectivity index (χ4n) is 2.68. The topological polar surface area (TPSA) is 70.2 Å². The van der Waals surface area contributed by atoms with Crippen LogP contribution in [0.2, 0.25) is 0 Å². The summed E-state index contributed by atoms with van der Waals surface area (Å²) in [6.07, 6.45) is 0.980. The summed E-state index contributed by atoms with van der Waals surface area (Å²) in [6.45, 7) is 2.69. The van der Waals surface area contributed by atoms with Crippen molar-refractivity contribution in [2.45, 2.75) is 32.0 Å². The molecule has 1 fully saturated rings. The van der Waals surface area contributed by atoms with Crippen LogP contribution in [0.25, 0.3) is 0 Å². The number of hydrogen-bond acceptors (Lipinski definition) is 4. The van der Waals surface area contributed by atoms with Gasteiger partial charge in [-0.15, -0.1) is 0 Å². The van der Waals surface area contributed by atoms with E-state index in [1.54, 1.807) is 0 Å². The van der Waals surface area contributed by atoms with Gasteiger partial charge in [-0.3, -0.25) is 0 Å². The van der Waals surface area contributed by atoms with Crippen molar-refractivity contribution < 1.29 is 18.0 Å². The third kappa shape index (κ3) is 5.95. The molecular weight excluding hydrogens is 323 g/mol. The second-order valence-electron chi connectivity index (χ2n) is 6.10. The molecule has 1 aromatic rings. The van der Waals surface area contributed by atoms with Crippen LogP contribution in [-0.2, 0) is 12.7 Å². The van der Waals surface area contributed by atoms with Crippen LogP contribution in [0, 0.1) is 5.92 Å². The van der Waals surface area contributed by atoms with Crippen molar-refractivity contribution in [2.24, 2.45) is 5.92 Å². The number of rotatable bonds is 4. The number of aromatic nitrogens is 2. The molecule has 2 N–H and O–H groups in total. The number of carbonyl (C=O) groups excluding carboxylic acids is 1. The average molecular weight is 345 g/mol. The largest absolute Gasteiger partial charge is 0.451 e. The smallest absolute Gasteiger partial charge is 0.338 e. The minimum atomic E-state index is -4.56. The predicted octanol–water partition coefficient (Wildman–Crippen LogP) is 2.03. The highest BCUT2D eigenvalue weighted by molar-refractivity contribution is 5.73. The van der Waals surface area contributed by atoms with E-state index in [0.29, 0.717) is 18.0 Å². The number of carbonyl (C=O) groups is 1. The minimum absolute atomic E-state index is 0.0779. The van der Waals surface area contributed by atoms with Gasteiger partial charge in [-0.25, -0.2) is 14.8 Å². The second kappa shape index (κ2) is 8.27. The molecule has 1 aliphatic rings. The van der Waals surface area contributed by atoms with Gasteiger partial charge in [-0.2, -0.15) is 13.2 Å². The minimum Gasteiger partial charge on any atom is -0.338 e. The van der Waals surface area contributed by atoms with Gasteiger partial charge in [0.25, 0.3) is 0 Å². The van der Waals surface area contributed by atoms with E-state index in [4.69, 9.17) is 0 Å². The number of alkyl halides is 3. The van der Waals surface area contributed by atoms with Crippen LogP contribution >= 0.6 is 0 Å². The van der Waals surface area contributed by atoms with Crippen molar-refractivity contribution in [1.82, 2.24) is 25.5 Å². The zero-order valence-electron chi connectivity index (χ0n) is 13.6. The molecular formula is C15H22F3N5O. The molecule has 6 nitrogen and oxygen atoms in total. The van der Waals surface area contributed by atoms with Crippen LogP contribution in [-0.4, -0.2) is 47.6 Å². The average Bonchev–Trinajstić information content (AvgIpc) is 2.74. The van der Waals surface area contributed by atoms with Gasteiger partial charge in [0.05, 0.1) is 0 Å². The molecule has 0 radical (unpaired) electrons. The Morgan fingerprint density at radius 2 is 2.00 bits per heavy atom. The Labute approximate surface area is 138 Å². The summed E-state index contributed by atoms with van der Waals surface area (Å²) in [4.78, 5) is 20.6. The summed E-state index contributed by atoms with van der Waals surface area (Å²) in [7, 11) is 2.07. The van der Waals surface area contributed by atoms with Gasteiger partial charge in [-0.1, -0.05) is 6.42 Å². The Hall–Kier alpha value is -1.90. The molecule has 0 spiro atoms. The molecule has 0 aliphatic carbocycles. The fourth-order valence-corrected chi connectivity index (χ4v) is 2.68. The lowest BCUT2D eigenvalue weighted by Crippen LogP contribution is -2.40. The van der Waals surface area contributed by atoms with E-state index in [1.165, 1.54) is 6.42 Å². The van der Waals surface area contributed by atoms with E-state index < -0.39 is 12.0 Å². The third-order valence-corrected chi connectivity index (χ3v) is 3.94. The molecule has 0 aromatic carbocycles. The Balaban J connectivity index is 1.73. The number of nitrogens with zero attached hydrogens (tertiary/aromatic N) is 3. The standard InChI is InChI=1S/C15H22F3N5O/c1-23-5-3-2-4-11(10-23)6-21-14(24)22-9-12-7-19-13(20-8-12)15(16,17)18/h7-8,11H,2-6,9-10H2,1H3,(H2,21,22,24). The zero-order valence-corrected chi connectivity index (χ0v) is 13.6. The molecule has 1 unspecified atom stereocenters. The maximum Gasteiger partial charge on any atom is 0.451 e. The second-order valence-corrected chi connectivity index (χ2v) is 6.10. The molecule has 1 aliphatic heterocycles. The molecule has 0 saturated carbocycles. The van der Waals surface area contributed by atoms with Crippen molar-refractivity contribution in [1.29, 1.82) is 0 Å². The van der Waals surface area contributed by atoms with Crippen LogP contribution in [0.15, 0.2) is 12.4 Å². The van der Waals surface area contributed by atoms with Gasteiger partial charge in [0.2, 0.25) is 5.82 Å². The van der Waals surface area contributed by atoms with Gasteiger partial charge >= 0.3 is 12.2 Å². The van der Waals surface area contributed by atoms with Crippen LogP contribution in [0.1, 0.15) is 30.7 Å². The maximum absolute atomic E-state index is 12.4. The first-order chi connectivity index (χ1) is 11.3. The van der Waals surface area contributed by atoms with E-state index in [1.807, 2.05) is 0 Å². The summed E-state index contributed by atoms with van der Waals surface area (Å²) in [5, 5.41) is 5.41. The molecule has 2 rings (SSSR count). The highest BCUT2D eigenvalue weighted by atomic mass is 19.4. The lowest BCUT2D eigenvalue weighted by molar-refractivity contribution is -0.145. The summed E-state index contributed by atoms with van der Waals surface area (Å²) >= 11 is 0. The molecule has 24 heavy (non-hydrogen) atoms. The van der Waals surface area contributed by atoms with E-state index >= 15 is 0 Å². The van der Waals surface area contributed by atoms with Gasteiger partial charge in [0.1, 0.15) is 0 Å². The van der Waals surface area contributed by atoms with Crippen molar-refractivity contribution in [2.75, 3.05) is 26.7 Å². The monoisotopic (exact) mass is 345 g/mol. The molecule has 2 amide bonds. The molecule has 134 valence electrons. The lowest BCUT2D eigenvalue weighted by Gasteiger charge is -2.20. The summed E-state index contributed by atoms with van der Waals surface area (Å²) in [6, 6.07) is -0.346. The van der Waals surface area contributed by atoms with E-state index in [0.717, 1.165) is 38.3 Å². The van der Waals surface area contributed by atoms with E-state index in [2.05, 4.69) is 32.5 Å². The van der Waals surface area contributed by atoms with E-state index in [-0.39, 0.29) is 12.6 Å². The van der Waals surface area contributed by atoms with E-state index in [9.17, 15) is 18.0 Å². The van der Waals surface area contributed by atoms with Gasteiger partial charge in [0, 0.05) is 37.6 Å². The molecule has 2 heterocycles. The van der Waals surface area contributed by atoms with Crippen molar-refractivity contribution in [3.05, 3.63) is 23.8 Å². The molecule has 1 saturated heterocycles. The maximum atomic E-state index is 12.4. The number of halogens is 3. The van der Waals surface area contributed by atoms with Crippen LogP contribution in [0.4, 0.5) is 18.0 Å². The molecule has 1 atom stereocenters. The van der Waals surface area contributed by atoms with Crippen LogP contribution < -0.4 is 10.6 Å². The number of urea groups is 1. The molecule has 1 aromatic heterocycles. The quantitative estimate of drug-likeness (QED) is 0.876. The van der Waals surface area contributed by atoms with Crippen LogP contribution in [0.5, 0.6) is 0 Å². The molecule has 0 bridgehead atoms.